The third kappa shape index (κ3) is 4.75. The molecule has 0 bridgehead atoms. The van der Waals surface area contributed by atoms with Crippen molar-refractivity contribution in [1.29, 1.82) is 0 Å². The number of nitrogen functional groups attached to an aromatic ring is 1. The van der Waals surface area contributed by atoms with Crippen LogP contribution < -0.4 is 21.7 Å². The maximum absolute atomic E-state index is 13.3. The summed E-state index contributed by atoms with van der Waals surface area (Å²) in [5, 5.41) is 11.0. The van der Waals surface area contributed by atoms with Gasteiger partial charge in [0.2, 0.25) is 11.7 Å². The third-order valence-electron chi connectivity index (χ3n) is 4.22. The zero-order valence-electron chi connectivity index (χ0n) is 16.1. The molecule has 3 aromatic rings. The minimum Gasteiger partial charge on any atom is -0.465 e. The summed E-state index contributed by atoms with van der Waals surface area (Å²) in [6.45, 7) is 1.54. The van der Waals surface area contributed by atoms with E-state index < -0.39 is 29.6 Å². The predicted molar refractivity (Wildman–Crippen MR) is 113 cm³/mol. The number of primary amides is 1. The Labute approximate surface area is 179 Å². The molecule has 160 valence electrons. The number of halogens is 1. The van der Waals surface area contributed by atoms with Gasteiger partial charge in [0.05, 0.1) is 0 Å². The average molecular weight is 444 g/mol. The number of hydrogen-bond acceptors (Lipinski definition) is 8. The first-order chi connectivity index (χ1) is 14.7. The van der Waals surface area contributed by atoms with Crippen LogP contribution >= 0.6 is 11.3 Å². The van der Waals surface area contributed by atoms with Crippen LogP contribution in [0.15, 0.2) is 42.6 Å². The number of ketones is 1. The number of aromatic nitrogens is 2. The Morgan fingerprint density at radius 3 is 2.42 bits per heavy atom. The van der Waals surface area contributed by atoms with E-state index in [1.165, 1.54) is 47.5 Å². The van der Waals surface area contributed by atoms with Crippen LogP contribution in [0.5, 0.6) is 0 Å². The molecule has 3 rings (SSSR count). The van der Waals surface area contributed by atoms with E-state index >= 15 is 0 Å². The maximum Gasteiger partial charge on any atom is 0.410 e. The predicted octanol–water partition coefficient (Wildman–Crippen LogP) is 2.59. The first-order valence-electron chi connectivity index (χ1n) is 8.78. The van der Waals surface area contributed by atoms with Gasteiger partial charge in [-0.1, -0.05) is 11.3 Å². The van der Waals surface area contributed by atoms with Crippen LogP contribution in [-0.4, -0.2) is 38.9 Å². The Morgan fingerprint density at radius 1 is 1.19 bits per heavy atom. The number of carboxylic acid groups (broad SMARTS) is 1. The number of carbonyl (C=O) groups excluding carboxylic acids is 2. The van der Waals surface area contributed by atoms with Crippen molar-refractivity contribution in [2.75, 3.05) is 16.0 Å². The number of pyridine rings is 1. The van der Waals surface area contributed by atoms with E-state index in [1.54, 1.807) is 6.92 Å². The second-order valence-corrected chi connectivity index (χ2v) is 7.30. The lowest BCUT2D eigenvalue weighted by molar-refractivity contribution is -0.118. The number of carbonyl (C=O) groups is 3. The van der Waals surface area contributed by atoms with Gasteiger partial charge in [0.1, 0.15) is 28.4 Å². The van der Waals surface area contributed by atoms with Gasteiger partial charge in [-0.05, 0) is 43.3 Å². The van der Waals surface area contributed by atoms with E-state index in [0.717, 1.165) is 11.3 Å². The molecule has 31 heavy (non-hydrogen) atoms. The van der Waals surface area contributed by atoms with Crippen LogP contribution in [0, 0.1) is 5.82 Å². The summed E-state index contributed by atoms with van der Waals surface area (Å²) in [7, 11) is 0. The molecule has 0 aliphatic heterocycles. The fourth-order valence-electron chi connectivity index (χ4n) is 2.66. The van der Waals surface area contributed by atoms with Crippen LogP contribution in [0.25, 0.3) is 0 Å². The van der Waals surface area contributed by atoms with Crippen molar-refractivity contribution >= 4 is 51.6 Å². The lowest BCUT2D eigenvalue weighted by Gasteiger charge is -2.26. The van der Waals surface area contributed by atoms with Crippen molar-refractivity contribution in [1.82, 2.24) is 9.97 Å². The topological polar surface area (TPSA) is 165 Å². The molecule has 1 atom stereocenters. The first-order valence-corrected chi connectivity index (χ1v) is 9.60. The molecule has 0 aliphatic rings. The van der Waals surface area contributed by atoms with E-state index in [-0.39, 0.29) is 27.2 Å². The zero-order chi connectivity index (χ0) is 22.7. The Hall–Kier alpha value is -4.06. The molecular formula is C19H17FN6O4S. The highest BCUT2D eigenvalue weighted by Gasteiger charge is 2.27. The molecule has 0 fully saturated rings. The Balaban J connectivity index is 1.96. The third-order valence-corrected chi connectivity index (χ3v) is 5.29. The fourth-order valence-corrected chi connectivity index (χ4v) is 3.71. The Kier molecular flexibility index (Phi) is 6.11. The SMILES string of the molecule is CC(C(N)=O)N(c1ccc(F)cc1)c1nc(N)c(C(=O)c2ccc(NC(=O)O)nc2)s1. The summed E-state index contributed by atoms with van der Waals surface area (Å²) >= 11 is 0.931. The Morgan fingerprint density at radius 2 is 1.87 bits per heavy atom. The number of thiazole rings is 1. The molecular weight excluding hydrogens is 427 g/mol. The lowest BCUT2D eigenvalue weighted by atomic mass is 10.1. The minimum atomic E-state index is -1.28. The molecule has 0 spiro atoms. The van der Waals surface area contributed by atoms with Gasteiger partial charge in [0.25, 0.3) is 0 Å². The molecule has 0 aliphatic carbocycles. The van der Waals surface area contributed by atoms with E-state index in [2.05, 4.69) is 15.3 Å². The van der Waals surface area contributed by atoms with Crippen LogP contribution in [0.1, 0.15) is 22.2 Å². The summed E-state index contributed by atoms with van der Waals surface area (Å²) in [5.74, 6) is -1.61. The summed E-state index contributed by atoms with van der Waals surface area (Å²) in [6.07, 6.45) is -0.0803. The van der Waals surface area contributed by atoms with Crippen molar-refractivity contribution in [3.8, 4) is 0 Å². The number of amides is 2. The molecule has 1 aromatic carbocycles. The van der Waals surface area contributed by atoms with Gasteiger partial charge in [-0.3, -0.25) is 14.9 Å². The number of hydrogen-bond donors (Lipinski definition) is 4. The Bertz CT molecular complexity index is 1130. The normalized spacial score (nSPS) is 11.5. The molecule has 12 heteroatoms. The molecule has 0 radical (unpaired) electrons. The van der Waals surface area contributed by atoms with Crippen LogP contribution in [0.2, 0.25) is 0 Å². The standard InChI is InChI=1S/C19H17FN6O4S/c1-9(17(22)28)26(12-5-3-11(20)4-6-12)18-25-16(21)15(31-18)14(27)10-2-7-13(23-8-10)24-19(29)30/h2-9H,21H2,1H3,(H2,22,28)(H,23,24)(H,29,30). The van der Waals surface area contributed by atoms with E-state index in [9.17, 15) is 18.8 Å². The summed E-state index contributed by atoms with van der Waals surface area (Å²) in [5.41, 5.74) is 12.0. The monoisotopic (exact) mass is 444 g/mol. The first kappa shape index (κ1) is 21.6. The fraction of sp³-hybridized carbons (Fsp3) is 0.105. The summed E-state index contributed by atoms with van der Waals surface area (Å²) in [4.78, 5) is 45.0. The smallest absolute Gasteiger partial charge is 0.410 e. The molecule has 10 nitrogen and oxygen atoms in total. The van der Waals surface area contributed by atoms with Gasteiger partial charge < -0.3 is 21.5 Å². The molecule has 6 N–H and O–H groups in total. The second kappa shape index (κ2) is 8.75. The number of nitrogens with one attached hydrogen (secondary N) is 1. The molecule has 2 aromatic heterocycles. The maximum atomic E-state index is 13.3. The number of rotatable bonds is 7. The lowest BCUT2D eigenvalue weighted by Crippen LogP contribution is -2.39. The van der Waals surface area contributed by atoms with Gasteiger partial charge in [-0.2, -0.15) is 0 Å². The highest BCUT2D eigenvalue weighted by atomic mass is 32.1. The van der Waals surface area contributed by atoms with Crippen molar-refractivity contribution < 1.29 is 23.9 Å². The van der Waals surface area contributed by atoms with Crippen LogP contribution in [-0.2, 0) is 4.79 Å². The molecule has 0 saturated heterocycles. The van der Waals surface area contributed by atoms with E-state index in [4.69, 9.17) is 16.6 Å². The van der Waals surface area contributed by atoms with Crippen molar-refractivity contribution in [3.63, 3.8) is 0 Å². The number of nitrogens with two attached hydrogens (primary N) is 2. The van der Waals surface area contributed by atoms with Crippen molar-refractivity contribution in [2.24, 2.45) is 5.73 Å². The van der Waals surface area contributed by atoms with E-state index in [1.807, 2.05) is 0 Å². The zero-order valence-corrected chi connectivity index (χ0v) is 16.9. The highest BCUT2D eigenvalue weighted by Crippen LogP contribution is 2.35. The summed E-state index contributed by atoms with van der Waals surface area (Å²) < 4.78 is 13.3. The molecule has 1 unspecified atom stereocenters. The van der Waals surface area contributed by atoms with Gasteiger partial charge in [-0.15, -0.1) is 0 Å². The number of nitrogens with zero attached hydrogens (tertiary/aromatic N) is 3. The number of anilines is 4. The molecule has 0 saturated carbocycles. The largest absolute Gasteiger partial charge is 0.465 e. The van der Waals surface area contributed by atoms with E-state index in [0.29, 0.717) is 5.69 Å². The quantitative estimate of drug-likeness (QED) is 0.404. The molecule has 2 heterocycles. The van der Waals surface area contributed by atoms with Gasteiger partial charge in [0.15, 0.2) is 5.13 Å². The van der Waals surface area contributed by atoms with Crippen molar-refractivity contribution in [3.05, 3.63) is 58.9 Å². The average Bonchev–Trinajstić information content (AvgIpc) is 3.10. The van der Waals surface area contributed by atoms with Gasteiger partial charge in [0, 0.05) is 17.4 Å². The number of benzene rings is 1. The van der Waals surface area contributed by atoms with Crippen molar-refractivity contribution in [2.45, 2.75) is 13.0 Å². The molecule has 2 amide bonds. The second-order valence-electron chi connectivity index (χ2n) is 6.33. The highest BCUT2D eigenvalue weighted by molar-refractivity contribution is 7.18. The summed E-state index contributed by atoms with van der Waals surface area (Å²) in [6, 6.07) is 7.21. The minimum absolute atomic E-state index is 0.0554. The van der Waals surface area contributed by atoms with Gasteiger partial charge in [-0.25, -0.2) is 19.2 Å². The van der Waals surface area contributed by atoms with Crippen LogP contribution in [0.4, 0.5) is 31.6 Å². The van der Waals surface area contributed by atoms with Gasteiger partial charge >= 0.3 is 6.09 Å². The van der Waals surface area contributed by atoms with Crippen LogP contribution in [0.3, 0.4) is 0 Å².